The Bertz CT molecular complexity index is 636. The minimum atomic E-state index is -4.49. The highest BCUT2D eigenvalue weighted by atomic mass is 19.4. The first-order valence-corrected chi connectivity index (χ1v) is 5.68. The molecule has 0 atom stereocenters. The third kappa shape index (κ3) is 2.47. The number of rotatable bonds is 1. The first-order chi connectivity index (χ1) is 8.63. The number of aromatic nitrogens is 2. The number of alkyl halides is 3. The molecule has 0 unspecified atom stereocenters. The summed E-state index contributed by atoms with van der Waals surface area (Å²) in [6, 6.07) is 0.821. The molecule has 0 aliphatic heterocycles. The van der Waals surface area contributed by atoms with E-state index in [0.717, 1.165) is 12.3 Å². The van der Waals surface area contributed by atoms with Crippen LogP contribution in [0.2, 0.25) is 0 Å². The lowest BCUT2D eigenvalue weighted by atomic mass is 9.93. The van der Waals surface area contributed by atoms with E-state index in [2.05, 4.69) is 4.98 Å². The van der Waals surface area contributed by atoms with Crippen molar-refractivity contribution >= 4 is 11.9 Å². The average Bonchev–Trinajstić information content (AvgIpc) is 2.69. The molecule has 3 nitrogen and oxygen atoms in total. The van der Waals surface area contributed by atoms with Crippen LogP contribution < -0.4 is 0 Å². The van der Waals surface area contributed by atoms with Gasteiger partial charge in [0.25, 0.3) is 0 Å². The summed E-state index contributed by atoms with van der Waals surface area (Å²) < 4.78 is 39.4. The Labute approximate surface area is 108 Å². The van der Waals surface area contributed by atoms with Gasteiger partial charge >= 0.3 is 6.18 Å². The number of aldehydes is 1. The zero-order chi connectivity index (χ0) is 14.4. The van der Waals surface area contributed by atoms with Crippen molar-refractivity contribution in [2.45, 2.75) is 32.4 Å². The van der Waals surface area contributed by atoms with Crippen molar-refractivity contribution in [2.24, 2.45) is 0 Å². The lowest BCUT2D eigenvalue weighted by Crippen LogP contribution is -2.11. The monoisotopic (exact) mass is 270 g/mol. The van der Waals surface area contributed by atoms with Crippen molar-refractivity contribution in [1.29, 1.82) is 0 Å². The predicted octanol–water partition coefficient (Wildman–Crippen LogP) is 3.46. The molecule has 0 bridgehead atoms. The second kappa shape index (κ2) is 4.08. The SMILES string of the molecule is CC(C)(C)c1cn2cc(C(F)(F)F)cc(C=O)c2n1. The van der Waals surface area contributed by atoms with Crippen LogP contribution in [-0.4, -0.2) is 15.7 Å². The van der Waals surface area contributed by atoms with Gasteiger partial charge in [0, 0.05) is 17.8 Å². The molecule has 0 spiro atoms. The number of carbonyl (C=O) groups is 1. The molecule has 0 N–H and O–H groups in total. The van der Waals surface area contributed by atoms with Gasteiger partial charge in [-0.05, 0) is 6.07 Å². The zero-order valence-corrected chi connectivity index (χ0v) is 10.7. The van der Waals surface area contributed by atoms with Gasteiger partial charge in [-0.1, -0.05) is 20.8 Å². The highest BCUT2D eigenvalue weighted by Crippen LogP contribution is 2.31. The van der Waals surface area contributed by atoms with Gasteiger partial charge in [-0.2, -0.15) is 13.2 Å². The van der Waals surface area contributed by atoms with E-state index in [1.54, 1.807) is 0 Å². The first kappa shape index (κ1) is 13.6. The van der Waals surface area contributed by atoms with Crippen LogP contribution in [0.5, 0.6) is 0 Å². The summed E-state index contributed by atoms with van der Waals surface area (Å²) in [4.78, 5) is 15.2. The van der Waals surface area contributed by atoms with E-state index >= 15 is 0 Å². The Kier molecular flexibility index (Phi) is 2.91. The van der Waals surface area contributed by atoms with Crippen molar-refractivity contribution in [2.75, 3.05) is 0 Å². The molecule has 0 saturated carbocycles. The molecule has 0 amide bonds. The maximum absolute atomic E-state index is 12.7. The molecule has 0 aliphatic carbocycles. The second-order valence-corrected chi connectivity index (χ2v) is 5.41. The van der Waals surface area contributed by atoms with Gasteiger partial charge in [-0.3, -0.25) is 4.79 Å². The minimum absolute atomic E-state index is 0.0645. The number of nitrogens with zero attached hydrogens (tertiary/aromatic N) is 2. The zero-order valence-electron chi connectivity index (χ0n) is 10.7. The summed E-state index contributed by atoms with van der Waals surface area (Å²) >= 11 is 0. The third-order valence-electron chi connectivity index (χ3n) is 2.80. The number of imidazole rings is 1. The van der Waals surface area contributed by atoms with Crippen molar-refractivity contribution < 1.29 is 18.0 Å². The number of hydrogen-bond donors (Lipinski definition) is 0. The van der Waals surface area contributed by atoms with E-state index < -0.39 is 11.7 Å². The molecule has 102 valence electrons. The number of fused-ring (bicyclic) bond motifs is 1. The van der Waals surface area contributed by atoms with E-state index in [4.69, 9.17) is 0 Å². The first-order valence-electron chi connectivity index (χ1n) is 5.68. The van der Waals surface area contributed by atoms with Crippen LogP contribution in [0.25, 0.3) is 5.65 Å². The largest absolute Gasteiger partial charge is 0.417 e. The normalized spacial score (nSPS) is 12.9. The van der Waals surface area contributed by atoms with E-state index in [9.17, 15) is 18.0 Å². The van der Waals surface area contributed by atoms with Gasteiger partial charge in [-0.25, -0.2) is 4.98 Å². The highest BCUT2D eigenvalue weighted by Gasteiger charge is 2.32. The van der Waals surface area contributed by atoms with Crippen molar-refractivity contribution in [3.8, 4) is 0 Å². The van der Waals surface area contributed by atoms with Gasteiger partial charge in [0.2, 0.25) is 0 Å². The van der Waals surface area contributed by atoms with Crippen LogP contribution in [0.15, 0.2) is 18.5 Å². The summed E-state index contributed by atoms with van der Waals surface area (Å²) in [5.74, 6) is 0. The standard InChI is InChI=1S/C13H13F3N2O/c1-12(2,3)10-6-18-5-9(13(14,15)16)4-8(7-19)11(18)17-10/h4-7H,1-3H3. The Morgan fingerprint density at radius 3 is 2.32 bits per heavy atom. The van der Waals surface area contributed by atoms with Gasteiger partial charge in [0.1, 0.15) is 5.65 Å². The maximum atomic E-state index is 12.7. The maximum Gasteiger partial charge on any atom is 0.417 e. The van der Waals surface area contributed by atoms with E-state index in [-0.39, 0.29) is 16.6 Å². The molecule has 6 heteroatoms. The predicted molar refractivity (Wildman–Crippen MR) is 64.3 cm³/mol. The molecule has 0 aromatic carbocycles. The quantitative estimate of drug-likeness (QED) is 0.744. The summed E-state index contributed by atoms with van der Waals surface area (Å²) in [6.07, 6.45) is -1.62. The average molecular weight is 270 g/mol. The third-order valence-corrected chi connectivity index (χ3v) is 2.80. The van der Waals surface area contributed by atoms with Crippen LogP contribution in [0.3, 0.4) is 0 Å². The van der Waals surface area contributed by atoms with Gasteiger partial charge in [0.05, 0.1) is 16.8 Å². The van der Waals surface area contributed by atoms with Crippen LogP contribution in [0.1, 0.15) is 42.4 Å². The summed E-state index contributed by atoms with van der Waals surface area (Å²) in [5.41, 5.74) is -0.349. The summed E-state index contributed by atoms with van der Waals surface area (Å²) in [5, 5.41) is 0. The minimum Gasteiger partial charge on any atom is -0.306 e. The molecule has 2 heterocycles. The summed E-state index contributed by atoms with van der Waals surface area (Å²) in [7, 11) is 0. The van der Waals surface area contributed by atoms with Gasteiger partial charge in [-0.15, -0.1) is 0 Å². The van der Waals surface area contributed by atoms with Crippen LogP contribution in [-0.2, 0) is 11.6 Å². The second-order valence-electron chi connectivity index (χ2n) is 5.41. The van der Waals surface area contributed by atoms with Crippen molar-refractivity contribution in [3.63, 3.8) is 0 Å². The van der Waals surface area contributed by atoms with Gasteiger partial charge < -0.3 is 4.40 Å². The molecule has 0 fully saturated rings. The van der Waals surface area contributed by atoms with Crippen molar-refractivity contribution in [1.82, 2.24) is 9.38 Å². The van der Waals surface area contributed by atoms with E-state index in [0.29, 0.717) is 12.0 Å². The van der Waals surface area contributed by atoms with Crippen LogP contribution in [0, 0.1) is 0 Å². The van der Waals surface area contributed by atoms with Crippen molar-refractivity contribution in [3.05, 3.63) is 35.3 Å². The lowest BCUT2D eigenvalue weighted by molar-refractivity contribution is -0.137. The lowest BCUT2D eigenvalue weighted by Gasteiger charge is -2.13. The van der Waals surface area contributed by atoms with E-state index in [1.165, 1.54) is 10.6 Å². The molecular formula is C13H13F3N2O. The van der Waals surface area contributed by atoms with E-state index in [1.807, 2.05) is 20.8 Å². The van der Waals surface area contributed by atoms with Crippen LogP contribution in [0.4, 0.5) is 13.2 Å². The fourth-order valence-electron chi connectivity index (χ4n) is 1.73. The molecular weight excluding hydrogens is 257 g/mol. The molecule has 19 heavy (non-hydrogen) atoms. The number of hydrogen-bond acceptors (Lipinski definition) is 2. The smallest absolute Gasteiger partial charge is 0.306 e. The molecule has 0 saturated heterocycles. The topological polar surface area (TPSA) is 34.4 Å². The fraction of sp³-hybridized carbons (Fsp3) is 0.385. The highest BCUT2D eigenvalue weighted by molar-refractivity contribution is 5.84. The molecule has 2 aromatic rings. The molecule has 2 aromatic heterocycles. The Hall–Kier alpha value is -1.85. The number of carbonyl (C=O) groups excluding carboxylic acids is 1. The number of halogens is 3. The van der Waals surface area contributed by atoms with Crippen LogP contribution >= 0.6 is 0 Å². The Balaban J connectivity index is 2.74. The molecule has 0 radical (unpaired) electrons. The molecule has 0 aliphatic rings. The summed E-state index contributed by atoms with van der Waals surface area (Å²) in [6.45, 7) is 5.71. The Morgan fingerprint density at radius 1 is 1.21 bits per heavy atom. The molecule has 2 rings (SSSR count). The number of pyridine rings is 1. The Morgan fingerprint density at radius 2 is 1.84 bits per heavy atom. The fourth-order valence-corrected chi connectivity index (χ4v) is 1.73. The van der Waals surface area contributed by atoms with Gasteiger partial charge in [0.15, 0.2) is 6.29 Å².